The molecular weight excluding hydrogens is 452 g/mol. The number of carbonyl (C=O) groups is 1. The molecule has 7 nitrogen and oxygen atoms in total. The van der Waals surface area contributed by atoms with Crippen molar-refractivity contribution in [3.63, 3.8) is 0 Å². The zero-order chi connectivity index (χ0) is 23.5. The second-order valence-corrected chi connectivity index (χ2v) is 10.2. The third-order valence-corrected chi connectivity index (χ3v) is 7.80. The van der Waals surface area contributed by atoms with Crippen molar-refractivity contribution in [2.24, 2.45) is 0 Å². The zero-order valence-electron chi connectivity index (χ0n) is 19.3. The van der Waals surface area contributed by atoms with Gasteiger partial charge in [0.2, 0.25) is 0 Å². The van der Waals surface area contributed by atoms with Crippen molar-refractivity contribution in [2.75, 3.05) is 25.1 Å². The van der Waals surface area contributed by atoms with Gasteiger partial charge in [-0.25, -0.2) is 0 Å². The van der Waals surface area contributed by atoms with Crippen LogP contribution in [-0.2, 0) is 10.2 Å². The second kappa shape index (κ2) is 7.75. The van der Waals surface area contributed by atoms with Crippen LogP contribution in [0.15, 0.2) is 36.7 Å². The van der Waals surface area contributed by atoms with Crippen molar-refractivity contribution >= 4 is 28.9 Å². The van der Waals surface area contributed by atoms with Crippen molar-refractivity contribution < 1.29 is 14.3 Å². The lowest BCUT2D eigenvalue weighted by atomic mass is 9.93. The van der Waals surface area contributed by atoms with Crippen molar-refractivity contribution in [2.45, 2.75) is 44.1 Å². The molecule has 1 saturated carbocycles. The van der Waals surface area contributed by atoms with Crippen LogP contribution in [0.2, 0.25) is 5.02 Å². The number of H-pyrrole nitrogens is 1. The van der Waals surface area contributed by atoms with Crippen molar-refractivity contribution in [1.82, 2.24) is 15.3 Å². The van der Waals surface area contributed by atoms with Crippen LogP contribution in [0.25, 0.3) is 11.3 Å². The van der Waals surface area contributed by atoms with Crippen molar-refractivity contribution in [1.29, 1.82) is 0 Å². The van der Waals surface area contributed by atoms with Gasteiger partial charge in [-0.3, -0.25) is 9.78 Å². The number of aromatic nitrogens is 2. The molecule has 2 fully saturated rings. The Bertz CT molecular complexity index is 1290. The Morgan fingerprint density at radius 2 is 2.09 bits per heavy atom. The Balaban J connectivity index is 1.48. The van der Waals surface area contributed by atoms with Crippen molar-refractivity contribution in [3.8, 4) is 17.0 Å². The topological polar surface area (TPSA) is 88.3 Å². The second-order valence-electron chi connectivity index (χ2n) is 9.83. The standard InChI is InChI=1S/C26H27ClN4O3/c1-15-17(27)4-3-5-18(15)30-22-20-23(26(7-8-26)13-29-24(20)32)31-21(22)16-6-10-28-12-19(16)33-14-25(2)9-11-34-25/h3-6,10,12,30-31H,7-9,11,13-14H2,1-2H3,(H,29,32)/t25-/m0/s1. The molecule has 3 aromatic rings. The van der Waals surface area contributed by atoms with Gasteiger partial charge in [-0.1, -0.05) is 17.7 Å². The number of nitrogens with one attached hydrogen (secondary N) is 3. The molecule has 8 heteroatoms. The van der Waals surface area contributed by atoms with Crippen LogP contribution in [0.1, 0.15) is 47.8 Å². The first kappa shape index (κ1) is 21.5. The van der Waals surface area contributed by atoms with Crippen LogP contribution in [0.5, 0.6) is 5.75 Å². The lowest BCUT2D eigenvalue weighted by Crippen LogP contribution is -2.45. The third-order valence-electron chi connectivity index (χ3n) is 7.39. The van der Waals surface area contributed by atoms with Gasteiger partial charge in [0.1, 0.15) is 18.0 Å². The van der Waals surface area contributed by atoms with E-state index in [0.29, 0.717) is 29.5 Å². The molecule has 2 aliphatic heterocycles. The minimum absolute atomic E-state index is 0.0252. The monoisotopic (exact) mass is 478 g/mol. The van der Waals surface area contributed by atoms with E-state index in [1.807, 2.05) is 31.2 Å². The highest BCUT2D eigenvalue weighted by atomic mass is 35.5. The summed E-state index contributed by atoms with van der Waals surface area (Å²) in [4.78, 5) is 21.1. The summed E-state index contributed by atoms with van der Waals surface area (Å²) in [5, 5.41) is 7.29. The number of aromatic amines is 1. The molecule has 1 spiro atoms. The van der Waals surface area contributed by atoms with Gasteiger partial charge in [0, 0.05) is 46.5 Å². The molecule has 1 aromatic carbocycles. The number of nitrogens with zero attached hydrogens (tertiary/aromatic N) is 1. The van der Waals surface area contributed by atoms with Gasteiger partial charge in [0.25, 0.3) is 5.91 Å². The van der Waals surface area contributed by atoms with Gasteiger partial charge in [0.05, 0.1) is 29.7 Å². The normalized spacial score (nSPS) is 22.0. The molecule has 1 amide bonds. The number of halogens is 1. The maximum atomic E-state index is 13.1. The molecule has 4 heterocycles. The first-order chi connectivity index (χ1) is 16.4. The van der Waals surface area contributed by atoms with Crippen LogP contribution in [0.3, 0.4) is 0 Å². The average Bonchev–Trinajstić information content (AvgIpc) is 3.49. The molecule has 0 radical (unpaired) electrons. The number of amides is 1. The van der Waals surface area contributed by atoms with Gasteiger partial charge in [-0.15, -0.1) is 0 Å². The van der Waals surface area contributed by atoms with Gasteiger partial charge >= 0.3 is 0 Å². The number of pyridine rings is 1. The van der Waals surface area contributed by atoms with E-state index in [-0.39, 0.29) is 16.9 Å². The number of anilines is 2. The van der Waals surface area contributed by atoms with Crippen LogP contribution in [0, 0.1) is 6.92 Å². The lowest BCUT2D eigenvalue weighted by molar-refractivity contribution is -0.152. The minimum Gasteiger partial charge on any atom is -0.488 e. The number of benzene rings is 1. The van der Waals surface area contributed by atoms with Gasteiger partial charge < -0.3 is 25.1 Å². The Hall–Kier alpha value is -3.03. The van der Waals surface area contributed by atoms with Gasteiger partial charge in [-0.05, 0) is 50.5 Å². The summed E-state index contributed by atoms with van der Waals surface area (Å²) in [6.45, 7) is 5.87. The Morgan fingerprint density at radius 1 is 1.26 bits per heavy atom. The van der Waals surface area contributed by atoms with E-state index in [4.69, 9.17) is 21.1 Å². The first-order valence-corrected chi connectivity index (χ1v) is 12.0. The molecular formula is C26H27ClN4O3. The molecule has 1 saturated heterocycles. The SMILES string of the molecule is Cc1c(Cl)cccc1Nc1c(-c2ccncc2OC[C@]2(C)CCO2)[nH]c2c1C(=O)NCC21CC1. The quantitative estimate of drug-likeness (QED) is 0.458. The van der Waals surface area contributed by atoms with E-state index >= 15 is 0 Å². The van der Waals surface area contributed by atoms with Crippen LogP contribution in [-0.4, -0.2) is 41.2 Å². The molecule has 34 heavy (non-hydrogen) atoms. The van der Waals surface area contributed by atoms with Gasteiger partial charge in [0.15, 0.2) is 0 Å². The van der Waals surface area contributed by atoms with Crippen LogP contribution < -0.4 is 15.4 Å². The summed E-state index contributed by atoms with van der Waals surface area (Å²) in [7, 11) is 0. The molecule has 1 aliphatic carbocycles. The maximum Gasteiger partial charge on any atom is 0.255 e. The number of fused-ring (bicyclic) bond motifs is 2. The summed E-state index contributed by atoms with van der Waals surface area (Å²) in [5.74, 6) is 0.568. The molecule has 2 aromatic heterocycles. The fourth-order valence-electron chi connectivity index (χ4n) is 4.83. The van der Waals surface area contributed by atoms with Gasteiger partial charge in [-0.2, -0.15) is 0 Å². The predicted molar refractivity (Wildman–Crippen MR) is 131 cm³/mol. The molecule has 6 rings (SSSR count). The van der Waals surface area contributed by atoms with E-state index in [9.17, 15) is 4.79 Å². The van der Waals surface area contributed by atoms with E-state index < -0.39 is 0 Å². The Labute approximate surface area is 203 Å². The lowest BCUT2D eigenvalue weighted by Gasteiger charge is -2.38. The Kier molecular flexibility index (Phi) is 4.90. The average molecular weight is 479 g/mol. The summed E-state index contributed by atoms with van der Waals surface area (Å²) in [6, 6.07) is 7.65. The van der Waals surface area contributed by atoms with Crippen LogP contribution >= 0.6 is 11.6 Å². The van der Waals surface area contributed by atoms with E-state index in [1.54, 1.807) is 12.4 Å². The molecule has 176 valence electrons. The van der Waals surface area contributed by atoms with E-state index in [1.165, 1.54) is 0 Å². The largest absolute Gasteiger partial charge is 0.488 e. The smallest absolute Gasteiger partial charge is 0.255 e. The fraction of sp³-hybridized carbons (Fsp3) is 0.385. The summed E-state index contributed by atoms with van der Waals surface area (Å²) < 4.78 is 11.9. The maximum absolute atomic E-state index is 13.1. The number of carbonyl (C=O) groups excluding carboxylic acids is 1. The minimum atomic E-state index is -0.279. The Morgan fingerprint density at radius 3 is 2.82 bits per heavy atom. The van der Waals surface area contributed by atoms with E-state index in [2.05, 4.69) is 27.5 Å². The fourth-order valence-corrected chi connectivity index (χ4v) is 5.00. The number of ether oxygens (including phenoxy) is 2. The molecule has 1 atom stereocenters. The number of rotatable bonds is 6. The molecule has 0 bridgehead atoms. The highest BCUT2D eigenvalue weighted by Gasteiger charge is 2.51. The summed E-state index contributed by atoms with van der Waals surface area (Å²) in [5.41, 5.74) is 5.51. The highest BCUT2D eigenvalue weighted by molar-refractivity contribution is 6.31. The zero-order valence-corrected chi connectivity index (χ0v) is 20.0. The van der Waals surface area contributed by atoms with Crippen LogP contribution in [0.4, 0.5) is 11.4 Å². The summed E-state index contributed by atoms with van der Waals surface area (Å²) >= 11 is 6.40. The van der Waals surface area contributed by atoms with E-state index in [0.717, 1.165) is 59.8 Å². The predicted octanol–water partition coefficient (Wildman–Crippen LogP) is 5.11. The summed E-state index contributed by atoms with van der Waals surface area (Å²) in [6.07, 6.45) is 6.52. The number of hydrogen-bond acceptors (Lipinski definition) is 5. The molecule has 3 N–H and O–H groups in total. The molecule has 3 aliphatic rings. The first-order valence-electron chi connectivity index (χ1n) is 11.7. The highest BCUT2D eigenvalue weighted by Crippen LogP contribution is 2.54. The molecule has 0 unspecified atom stereocenters. The number of hydrogen-bond donors (Lipinski definition) is 3. The van der Waals surface area contributed by atoms with Crippen molar-refractivity contribution in [3.05, 3.63) is 58.5 Å². The third kappa shape index (κ3) is 3.46.